The van der Waals surface area contributed by atoms with Crippen LogP contribution in [0.15, 0.2) is 16.7 Å². The molecule has 20 heavy (non-hydrogen) atoms. The highest BCUT2D eigenvalue weighted by atomic mass is 79.9. The zero-order valence-corrected chi connectivity index (χ0v) is 13.9. The third kappa shape index (κ3) is 5.36. The van der Waals surface area contributed by atoms with Crippen LogP contribution < -0.4 is 10.5 Å². The molecule has 1 amide bonds. The number of hydrogen-bond acceptors (Lipinski definition) is 4. The van der Waals surface area contributed by atoms with Crippen LogP contribution in [-0.4, -0.2) is 23.3 Å². The molecule has 0 bridgehead atoms. The molecule has 1 rings (SSSR count). The number of ether oxygens (including phenoxy) is 2. The third-order valence-electron chi connectivity index (χ3n) is 2.70. The van der Waals surface area contributed by atoms with Crippen LogP contribution >= 0.6 is 15.9 Å². The molecule has 112 valence electrons. The molecule has 6 heteroatoms. The van der Waals surface area contributed by atoms with E-state index in [1.807, 2.05) is 33.8 Å². The van der Waals surface area contributed by atoms with Gasteiger partial charge >= 0.3 is 6.09 Å². The van der Waals surface area contributed by atoms with Gasteiger partial charge in [0.1, 0.15) is 12.2 Å². The standard InChI is InChI=1S/C14H21BrN2O3/c1-9(2)6-14(4,20-13(16)18)8-19-12-10(3)5-11(15)7-17-12/h5,7,9H,6,8H2,1-4H3,(H2,16,18). The number of aryl methyl sites for hydroxylation is 1. The summed E-state index contributed by atoms with van der Waals surface area (Å²) >= 11 is 3.35. The maximum absolute atomic E-state index is 11.0. The average molecular weight is 345 g/mol. The van der Waals surface area contributed by atoms with Crippen molar-refractivity contribution in [3.05, 3.63) is 22.3 Å². The quantitative estimate of drug-likeness (QED) is 0.857. The smallest absolute Gasteiger partial charge is 0.405 e. The first-order valence-electron chi connectivity index (χ1n) is 6.45. The van der Waals surface area contributed by atoms with Crippen LogP contribution in [0.25, 0.3) is 0 Å². The molecule has 0 radical (unpaired) electrons. The van der Waals surface area contributed by atoms with Gasteiger partial charge in [0.15, 0.2) is 0 Å². The number of hydrogen-bond donors (Lipinski definition) is 1. The molecular formula is C14H21BrN2O3. The van der Waals surface area contributed by atoms with E-state index >= 15 is 0 Å². The molecule has 0 aliphatic rings. The van der Waals surface area contributed by atoms with E-state index in [0.29, 0.717) is 18.2 Å². The molecule has 1 unspecified atom stereocenters. The van der Waals surface area contributed by atoms with Gasteiger partial charge in [0, 0.05) is 16.2 Å². The lowest BCUT2D eigenvalue weighted by molar-refractivity contribution is -0.0198. The Morgan fingerprint density at radius 2 is 2.20 bits per heavy atom. The number of nitrogens with two attached hydrogens (primary N) is 1. The second kappa shape index (κ2) is 6.92. The fraction of sp³-hybridized carbons (Fsp3) is 0.571. The molecule has 1 aromatic rings. The van der Waals surface area contributed by atoms with Crippen LogP contribution in [0.3, 0.4) is 0 Å². The lowest BCUT2D eigenvalue weighted by atomic mass is 9.95. The number of halogens is 1. The van der Waals surface area contributed by atoms with E-state index in [0.717, 1.165) is 10.0 Å². The van der Waals surface area contributed by atoms with Gasteiger partial charge in [0.05, 0.1) is 0 Å². The monoisotopic (exact) mass is 344 g/mol. The lowest BCUT2D eigenvalue weighted by Gasteiger charge is -2.30. The maximum atomic E-state index is 11.0. The summed E-state index contributed by atoms with van der Waals surface area (Å²) in [5.74, 6) is 0.873. The Balaban J connectivity index is 2.77. The van der Waals surface area contributed by atoms with Crippen molar-refractivity contribution in [3.8, 4) is 5.88 Å². The van der Waals surface area contributed by atoms with Gasteiger partial charge < -0.3 is 15.2 Å². The minimum atomic E-state index is -0.794. The molecule has 0 saturated heterocycles. The largest absolute Gasteiger partial charge is 0.473 e. The maximum Gasteiger partial charge on any atom is 0.405 e. The minimum absolute atomic E-state index is 0.212. The van der Waals surface area contributed by atoms with Crippen molar-refractivity contribution < 1.29 is 14.3 Å². The molecule has 0 fully saturated rings. The van der Waals surface area contributed by atoms with Crippen molar-refractivity contribution in [3.63, 3.8) is 0 Å². The highest BCUT2D eigenvalue weighted by molar-refractivity contribution is 9.10. The van der Waals surface area contributed by atoms with Crippen LogP contribution in [0.4, 0.5) is 4.79 Å². The summed E-state index contributed by atoms with van der Waals surface area (Å²) in [7, 11) is 0. The molecular weight excluding hydrogens is 324 g/mol. The Labute approximate surface area is 128 Å². The van der Waals surface area contributed by atoms with Crippen LogP contribution in [0.2, 0.25) is 0 Å². The fourth-order valence-electron chi connectivity index (χ4n) is 2.14. The van der Waals surface area contributed by atoms with E-state index in [2.05, 4.69) is 20.9 Å². The Hall–Kier alpha value is -1.30. The summed E-state index contributed by atoms with van der Waals surface area (Å²) in [6, 6.07) is 1.91. The van der Waals surface area contributed by atoms with Crippen LogP contribution in [-0.2, 0) is 4.74 Å². The molecule has 2 N–H and O–H groups in total. The van der Waals surface area contributed by atoms with Crippen molar-refractivity contribution in [1.29, 1.82) is 0 Å². The molecule has 0 spiro atoms. The Morgan fingerprint density at radius 1 is 1.55 bits per heavy atom. The highest BCUT2D eigenvalue weighted by Crippen LogP contribution is 2.24. The Bertz CT molecular complexity index is 479. The van der Waals surface area contributed by atoms with Gasteiger partial charge in [-0.3, -0.25) is 0 Å². The lowest BCUT2D eigenvalue weighted by Crippen LogP contribution is -2.41. The van der Waals surface area contributed by atoms with Crippen molar-refractivity contribution in [2.75, 3.05) is 6.61 Å². The molecule has 0 aromatic carbocycles. The highest BCUT2D eigenvalue weighted by Gasteiger charge is 2.30. The van der Waals surface area contributed by atoms with E-state index in [-0.39, 0.29) is 6.61 Å². The number of aromatic nitrogens is 1. The zero-order valence-electron chi connectivity index (χ0n) is 12.3. The first-order chi connectivity index (χ1) is 9.22. The van der Waals surface area contributed by atoms with Crippen LogP contribution in [0.5, 0.6) is 5.88 Å². The number of carbonyl (C=O) groups is 1. The molecule has 0 aliphatic heterocycles. The van der Waals surface area contributed by atoms with Crippen molar-refractivity contribution in [2.45, 2.75) is 39.7 Å². The summed E-state index contributed by atoms with van der Waals surface area (Å²) in [5, 5.41) is 0. The number of pyridine rings is 1. The zero-order chi connectivity index (χ0) is 15.3. The average Bonchev–Trinajstić information content (AvgIpc) is 2.25. The van der Waals surface area contributed by atoms with E-state index in [1.165, 1.54) is 0 Å². The summed E-state index contributed by atoms with van der Waals surface area (Å²) in [6.45, 7) is 8.02. The van der Waals surface area contributed by atoms with Crippen LogP contribution in [0, 0.1) is 12.8 Å². The van der Waals surface area contributed by atoms with Gasteiger partial charge in [-0.05, 0) is 48.2 Å². The molecule has 0 saturated carbocycles. The van der Waals surface area contributed by atoms with E-state index in [1.54, 1.807) is 6.20 Å². The number of amides is 1. The van der Waals surface area contributed by atoms with Gasteiger partial charge in [0.25, 0.3) is 0 Å². The normalized spacial score (nSPS) is 13.9. The number of primary amides is 1. The SMILES string of the molecule is Cc1cc(Br)cnc1OCC(C)(CC(C)C)OC(N)=O. The first kappa shape index (κ1) is 16.8. The van der Waals surface area contributed by atoms with Crippen molar-refractivity contribution in [2.24, 2.45) is 11.7 Å². The number of rotatable bonds is 6. The molecule has 1 heterocycles. The fourth-order valence-corrected chi connectivity index (χ4v) is 2.58. The number of carbonyl (C=O) groups excluding carboxylic acids is 1. The second-order valence-corrected chi connectivity index (χ2v) is 6.45. The molecule has 0 aliphatic carbocycles. The molecule has 1 aromatic heterocycles. The first-order valence-corrected chi connectivity index (χ1v) is 7.24. The van der Waals surface area contributed by atoms with Gasteiger partial charge in [0.2, 0.25) is 5.88 Å². The third-order valence-corrected chi connectivity index (χ3v) is 3.13. The van der Waals surface area contributed by atoms with Gasteiger partial charge in [-0.1, -0.05) is 13.8 Å². The summed E-state index contributed by atoms with van der Waals surface area (Å²) in [5.41, 5.74) is 5.28. The molecule has 5 nitrogen and oxygen atoms in total. The Morgan fingerprint density at radius 3 is 2.70 bits per heavy atom. The summed E-state index contributed by atoms with van der Waals surface area (Å²) < 4.78 is 11.8. The predicted octanol–water partition coefficient (Wildman–Crippen LogP) is 3.43. The topological polar surface area (TPSA) is 74.4 Å². The minimum Gasteiger partial charge on any atom is -0.473 e. The van der Waals surface area contributed by atoms with E-state index in [4.69, 9.17) is 15.2 Å². The summed E-state index contributed by atoms with van der Waals surface area (Å²) in [6.07, 6.45) is 1.53. The Kier molecular flexibility index (Phi) is 5.80. The second-order valence-electron chi connectivity index (χ2n) is 5.53. The summed E-state index contributed by atoms with van der Waals surface area (Å²) in [4.78, 5) is 15.2. The van der Waals surface area contributed by atoms with Gasteiger partial charge in [-0.25, -0.2) is 9.78 Å². The molecule has 1 atom stereocenters. The van der Waals surface area contributed by atoms with Crippen molar-refractivity contribution in [1.82, 2.24) is 4.98 Å². The van der Waals surface area contributed by atoms with E-state index < -0.39 is 11.7 Å². The van der Waals surface area contributed by atoms with Crippen LogP contribution in [0.1, 0.15) is 32.8 Å². The van der Waals surface area contributed by atoms with E-state index in [9.17, 15) is 4.79 Å². The predicted molar refractivity (Wildman–Crippen MR) is 80.7 cm³/mol. The van der Waals surface area contributed by atoms with Gasteiger partial charge in [-0.2, -0.15) is 0 Å². The number of nitrogens with zero attached hydrogens (tertiary/aromatic N) is 1. The van der Waals surface area contributed by atoms with Crippen molar-refractivity contribution >= 4 is 22.0 Å². The van der Waals surface area contributed by atoms with Gasteiger partial charge in [-0.15, -0.1) is 0 Å².